The molecule has 2 fully saturated rings. The third-order valence-electron chi connectivity index (χ3n) is 6.28. The van der Waals surface area contributed by atoms with Crippen LogP contribution in [-0.2, 0) is 14.3 Å². The molecule has 2 heterocycles. The van der Waals surface area contributed by atoms with Crippen LogP contribution in [0.25, 0.3) is 5.76 Å². The molecule has 0 bridgehead atoms. The van der Waals surface area contributed by atoms with Crippen LogP contribution in [0.5, 0.6) is 5.75 Å². The summed E-state index contributed by atoms with van der Waals surface area (Å²) >= 11 is 0. The van der Waals surface area contributed by atoms with Gasteiger partial charge >= 0.3 is 0 Å². The van der Waals surface area contributed by atoms with Crippen LogP contribution >= 0.6 is 0 Å². The van der Waals surface area contributed by atoms with Crippen molar-refractivity contribution in [3.05, 3.63) is 75.3 Å². The van der Waals surface area contributed by atoms with E-state index in [0.29, 0.717) is 37.5 Å². The van der Waals surface area contributed by atoms with Gasteiger partial charge in [0.25, 0.3) is 17.4 Å². The molecular formula is C25H27N3O7. The first-order valence-electron chi connectivity index (χ1n) is 11.4. The molecule has 1 N–H and O–H groups in total. The number of hydrogen-bond acceptors (Lipinski definition) is 8. The van der Waals surface area contributed by atoms with Crippen LogP contribution in [0, 0.1) is 10.1 Å². The van der Waals surface area contributed by atoms with E-state index in [0.717, 1.165) is 13.1 Å². The molecule has 1 unspecified atom stereocenters. The highest BCUT2D eigenvalue weighted by Gasteiger charge is 2.46. The number of nitrogens with zero attached hydrogens (tertiary/aromatic N) is 3. The number of morpholine rings is 1. The third-order valence-corrected chi connectivity index (χ3v) is 6.28. The first kappa shape index (κ1) is 24.4. The number of ketones is 1. The monoisotopic (exact) mass is 481 g/mol. The Morgan fingerprint density at radius 3 is 2.60 bits per heavy atom. The molecule has 0 aromatic heterocycles. The summed E-state index contributed by atoms with van der Waals surface area (Å²) in [5.41, 5.74) is 0.350. The van der Waals surface area contributed by atoms with Gasteiger partial charge in [0.2, 0.25) is 0 Å². The third kappa shape index (κ3) is 5.03. The number of Topliss-reactive ketones (excluding diaryl/α,β-unsaturated/α-hetero) is 1. The Hall–Kier alpha value is -3.76. The number of rotatable bonds is 8. The number of likely N-dealkylation sites (tertiary alicyclic amines) is 1. The van der Waals surface area contributed by atoms with Crippen LogP contribution in [0.3, 0.4) is 0 Å². The van der Waals surface area contributed by atoms with Crippen molar-refractivity contribution in [2.24, 2.45) is 0 Å². The van der Waals surface area contributed by atoms with E-state index in [1.54, 1.807) is 30.3 Å². The van der Waals surface area contributed by atoms with Crippen LogP contribution in [0.1, 0.15) is 23.6 Å². The quantitative estimate of drug-likeness (QED) is 0.201. The zero-order valence-corrected chi connectivity index (χ0v) is 19.4. The molecule has 0 aliphatic carbocycles. The lowest BCUT2D eigenvalue weighted by Gasteiger charge is -2.29. The van der Waals surface area contributed by atoms with Crippen LogP contribution in [0.15, 0.2) is 54.1 Å². The number of carbonyl (C=O) groups excluding carboxylic acids is 2. The first-order valence-corrected chi connectivity index (χ1v) is 11.4. The summed E-state index contributed by atoms with van der Waals surface area (Å²) in [6, 6.07) is 11.5. The zero-order chi connectivity index (χ0) is 24.9. The van der Waals surface area contributed by atoms with Gasteiger partial charge in [0.05, 0.1) is 42.4 Å². The lowest BCUT2D eigenvalue weighted by atomic mass is 9.94. The molecule has 2 aromatic carbocycles. The topological polar surface area (TPSA) is 122 Å². The molecule has 35 heavy (non-hydrogen) atoms. The number of non-ortho nitro benzene ring substituents is 1. The average molecular weight is 482 g/mol. The van der Waals surface area contributed by atoms with Crippen LogP contribution in [0.4, 0.5) is 5.69 Å². The van der Waals surface area contributed by atoms with Gasteiger partial charge in [-0.3, -0.25) is 24.6 Å². The fourth-order valence-corrected chi connectivity index (χ4v) is 4.54. The van der Waals surface area contributed by atoms with Crippen LogP contribution in [-0.4, -0.2) is 78.0 Å². The predicted molar refractivity (Wildman–Crippen MR) is 127 cm³/mol. The normalized spacial score (nSPS) is 20.3. The SMILES string of the molecule is COc1ccccc1/C(O)=C1\C(=O)C(=O)N(CCCN2CCOCC2)C1c1cccc([N+](=O)[O-])c1. The summed E-state index contributed by atoms with van der Waals surface area (Å²) in [6.07, 6.45) is 0.590. The number of nitro benzene ring substituents is 1. The predicted octanol–water partition coefficient (Wildman–Crippen LogP) is 2.75. The zero-order valence-electron chi connectivity index (χ0n) is 19.4. The van der Waals surface area contributed by atoms with E-state index in [9.17, 15) is 24.8 Å². The minimum absolute atomic E-state index is 0.119. The van der Waals surface area contributed by atoms with Gasteiger partial charge in [-0.05, 0) is 24.1 Å². The molecule has 0 radical (unpaired) electrons. The first-order chi connectivity index (χ1) is 16.9. The molecular weight excluding hydrogens is 454 g/mol. The Labute approximate surface area is 202 Å². The van der Waals surface area contributed by atoms with E-state index in [-0.39, 0.29) is 29.1 Å². The number of aliphatic hydroxyl groups excluding tert-OH is 1. The lowest BCUT2D eigenvalue weighted by Crippen LogP contribution is -2.39. The largest absolute Gasteiger partial charge is 0.507 e. The van der Waals surface area contributed by atoms with E-state index < -0.39 is 22.7 Å². The molecule has 0 saturated carbocycles. The fourth-order valence-electron chi connectivity index (χ4n) is 4.54. The van der Waals surface area contributed by atoms with Gasteiger partial charge < -0.3 is 19.5 Å². The van der Waals surface area contributed by atoms with Crippen LogP contribution < -0.4 is 4.74 Å². The van der Waals surface area contributed by atoms with Gasteiger partial charge in [-0.2, -0.15) is 0 Å². The van der Waals surface area contributed by atoms with Crippen molar-refractivity contribution in [3.63, 3.8) is 0 Å². The highest BCUT2D eigenvalue weighted by Crippen LogP contribution is 2.41. The number of hydrogen-bond donors (Lipinski definition) is 1. The molecule has 10 heteroatoms. The van der Waals surface area contributed by atoms with Crippen molar-refractivity contribution < 1.29 is 29.1 Å². The minimum Gasteiger partial charge on any atom is -0.507 e. The Morgan fingerprint density at radius 2 is 1.89 bits per heavy atom. The fraction of sp³-hybridized carbons (Fsp3) is 0.360. The van der Waals surface area contributed by atoms with E-state index in [1.807, 2.05) is 0 Å². The van der Waals surface area contributed by atoms with Crippen molar-refractivity contribution in [1.29, 1.82) is 0 Å². The summed E-state index contributed by atoms with van der Waals surface area (Å²) < 4.78 is 10.7. The van der Waals surface area contributed by atoms with Gasteiger partial charge in [0.1, 0.15) is 11.5 Å². The average Bonchev–Trinajstić information content (AvgIpc) is 3.14. The molecule has 2 aliphatic rings. The second kappa shape index (κ2) is 10.7. The molecule has 184 valence electrons. The van der Waals surface area contributed by atoms with Gasteiger partial charge in [-0.25, -0.2) is 0 Å². The number of nitro groups is 1. The molecule has 1 atom stereocenters. The summed E-state index contributed by atoms with van der Waals surface area (Å²) in [4.78, 5) is 40.8. The van der Waals surface area contributed by atoms with E-state index >= 15 is 0 Å². The molecule has 4 rings (SSSR count). The van der Waals surface area contributed by atoms with Gasteiger partial charge in [0.15, 0.2) is 0 Å². The Balaban J connectivity index is 1.74. The van der Waals surface area contributed by atoms with Crippen molar-refractivity contribution in [1.82, 2.24) is 9.80 Å². The number of amides is 1. The minimum atomic E-state index is -0.968. The van der Waals surface area contributed by atoms with Crippen molar-refractivity contribution in [2.75, 3.05) is 46.5 Å². The number of methoxy groups -OCH3 is 1. The number of aliphatic hydroxyl groups is 1. The molecule has 10 nitrogen and oxygen atoms in total. The van der Waals surface area contributed by atoms with E-state index in [2.05, 4.69) is 4.90 Å². The molecule has 2 aliphatic heterocycles. The number of carbonyl (C=O) groups is 2. The number of para-hydroxylation sites is 1. The molecule has 2 aromatic rings. The Bertz CT molecular complexity index is 1160. The maximum atomic E-state index is 13.2. The highest BCUT2D eigenvalue weighted by molar-refractivity contribution is 6.46. The van der Waals surface area contributed by atoms with Gasteiger partial charge in [0, 0.05) is 38.3 Å². The van der Waals surface area contributed by atoms with Crippen molar-refractivity contribution >= 4 is 23.1 Å². The van der Waals surface area contributed by atoms with Crippen molar-refractivity contribution in [3.8, 4) is 5.75 Å². The highest BCUT2D eigenvalue weighted by atomic mass is 16.6. The maximum Gasteiger partial charge on any atom is 0.295 e. The Kier molecular flexibility index (Phi) is 7.42. The Morgan fingerprint density at radius 1 is 1.14 bits per heavy atom. The second-order valence-electron chi connectivity index (χ2n) is 8.35. The second-order valence-corrected chi connectivity index (χ2v) is 8.35. The number of benzene rings is 2. The van der Waals surface area contributed by atoms with Crippen molar-refractivity contribution in [2.45, 2.75) is 12.5 Å². The standard InChI is InChI=1S/C25H27N3O7/c1-34-20-9-3-2-8-19(20)23(29)21-22(17-6-4-7-18(16-17)28(32)33)27(25(31)24(21)30)11-5-10-26-12-14-35-15-13-26/h2-4,6-9,16,22,29H,5,10-15H2,1H3/b23-21+. The summed E-state index contributed by atoms with van der Waals surface area (Å²) in [5.74, 6) is -1.63. The summed E-state index contributed by atoms with van der Waals surface area (Å²) in [7, 11) is 1.44. The lowest BCUT2D eigenvalue weighted by molar-refractivity contribution is -0.384. The maximum absolute atomic E-state index is 13.2. The number of ether oxygens (including phenoxy) is 2. The van der Waals surface area contributed by atoms with E-state index in [1.165, 1.54) is 30.2 Å². The smallest absolute Gasteiger partial charge is 0.295 e. The molecule has 1 amide bonds. The van der Waals surface area contributed by atoms with Crippen LogP contribution in [0.2, 0.25) is 0 Å². The van der Waals surface area contributed by atoms with Gasteiger partial charge in [-0.15, -0.1) is 0 Å². The molecule has 2 saturated heterocycles. The van der Waals surface area contributed by atoms with Gasteiger partial charge in [-0.1, -0.05) is 24.3 Å². The molecule has 0 spiro atoms. The summed E-state index contributed by atoms with van der Waals surface area (Å²) in [6.45, 7) is 3.84. The summed E-state index contributed by atoms with van der Waals surface area (Å²) in [5, 5.41) is 22.6. The van der Waals surface area contributed by atoms with E-state index in [4.69, 9.17) is 9.47 Å².